The Labute approximate surface area is 235 Å². The van der Waals surface area contributed by atoms with Gasteiger partial charge in [-0.15, -0.1) is 10.2 Å². The molecular weight excluding hydrogens is 518 g/mol. The summed E-state index contributed by atoms with van der Waals surface area (Å²) >= 11 is 1.31. The van der Waals surface area contributed by atoms with Gasteiger partial charge >= 0.3 is 0 Å². The Balaban J connectivity index is 1.37. The van der Waals surface area contributed by atoms with E-state index in [-0.39, 0.29) is 23.3 Å². The van der Waals surface area contributed by atoms with Gasteiger partial charge in [0.05, 0.1) is 28.4 Å². The Morgan fingerprint density at radius 1 is 0.850 bits per heavy atom. The number of nitrogens with zero attached hydrogens (tertiary/aromatic N) is 5. The molecule has 0 N–H and O–H groups in total. The van der Waals surface area contributed by atoms with E-state index >= 15 is 0 Å². The first-order chi connectivity index (χ1) is 19.5. The summed E-state index contributed by atoms with van der Waals surface area (Å²) in [7, 11) is 1.83. The zero-order valence-electron chi connectivity index (χ0n) is 22.1. The van der Waals surface area contributed by atoms with Gasteiger partial charge in [0.25, 0.3) is 5.56 Å². The number of aryl methyl sites for hydroxylation is 1. The number of para-hydroxylation sites is 1. The minimum Gasteiger partial charge on any atom is -0.334 e. The highest BCUT2D eigenvalue weighted by Gasteiger charge is 2.25. The number of hydrogen-bond acceptors (Lipinski definition) is 5. The van der Waals surface area contributed by atoms with E-state index in [1.54, 1.807) is 15.5 Å². The highest BCUT2D eigenvalue weighted by molar-refractivity contribution is 7.99. The van der Waals surface area contributed by atoms with Gasteiger partial charge < -0.3 is 4.90 Å². The molecule has 0 unspecified atom stereocenters. The Hall–Kier alpha value is -4.69. The lowest BCUT2D eigenvalue weighted by Gasteiger charge is -2.29. The number of aromatic nitrogens is 4. The number of carbonyl (C=O) groups excluding carboxylic acids is 1. The standard InChI is InChI=1S/C32H27N5O2S/c1-22-12-11-17-25(20-22)36-30(39)26-18-9-10-19-27(26)37-31(36)33-34-32(37)40-21-28(38)35(2)29(23-13-5-3-6-14-23)24-15-7-4-8-16-24/h3-20,29H,21H2,1-2H3. The molecule has 0 saturated heterocycles. The van der Waals surface area contributed by atoms with Crippen molar-refractivity contribution in [3.63, 3.8) is 0 Å². The largest absolute Gasteiger partial charge is 0.334 e. The fourth-order valence-corrected chi connectivity index (χ4v) is 5.92. The van der Waals surface area contributed by atoms with E-state index in [0.717, 1.165) is 16.7 Å². The molecule has 0 atom stereocenters. The van der Waals surface area contributed by atoms with Gasteiger partial charge in [-0.05, 0) is 47.9 Å². The average Bonchev–Trinajstić information content (AvgIpc) is 3.41. The molecule has 8 heteroatoms. The molecule has 4 aromatic carbocycles. The maximum absolute atomic E-state index is 13.6. The van der Waals surface area contributed by atoms with Crippen molar-refractivity contribution in [1.29, 1.82) is 0 Å². The lowest BCUT2D eigenvalue weighted by atomic mass is 9.97. The summed E-state index contributed by atoms with van der Waals surface area (Å²) in [6.45, 7) is 1.98. The second-order valence-electron chi connectivity index (χ2n) is 9.63. The normalized spacial score (nSPS) is 11.4. The van der Waals surface area contributed by atoms with E-state index in [1.165, 1.54) is 11.8 Å². The minimum atomic E-state index is -0.224. The van der Waals surface area contributed by atoms with Gasteiger partial charge in [-0.25, -0.2) is 4.57 Å². The summed E-state index contributed by atoms with van der Waals surface area (Å²) < 4.78 is 3.45. The number of thioether (sulfide) groups is 1. The van der Waals surface area contributed by atoms with Crippen LogP contribution >= 0.6 is 11.8 Å². The molecule has 0 fully saturated rings. The fraction of sp³-hybridized carbons (Fsp3) is 0.125. The monoisotopic (exact) mass is 545 g/mol. The molecule has 0 spiro atoms. The van der Waals surface area contributed by atoms with Crippen LogP contribution in [0.1, 0.15) is 22.7 Å². The lowest BCUT2D eigenvalue weighted by Crippen LogP contribution is -2.33. The number of fused-ring (bicyclic) bond motifs is 3. The molecule has 0 saturated carbocycles. The first-order valence-electron chi connectivity index (χ1n) is 13.0. The van der Waals surface area contributed by atoms with Crippen molar-refractivity contribution in [3.8, 4) is 5.69 Å². The number of carbonyl (C=O) groups is 1. The summed E-state index contributed by atoms with van der Waals surface area (Å²) in [5.41, 5.74) is 4.36. The number of hydrogen-bond donors (Lipinski definition) is 0. The van der Waals surface area contributed by atoms with Gasteiger partial charge in [0.2, 0.25) is 11.7 Å². The van der Waals surface area contributed by atoms with Crippen molar-refractivity contribution in [2.24, 2.45) is 0 Å². The van der Waals surface area contributed by atoms with Crippen LogP contribution < -0.4 is 5.56 Å². The van der Waals surface area contributed by atoms with Gasteiger partial charge in [-0.2, -0.15) is 0 Å². The van der Waals surface area contributed by atoms with Crippen molar-refractivity contribution in [3.05, 3.63) is 136 Å². The SMILES string of the molecule is Cc1cccc(-n2c(=O)c3ccccc3n3c(SCC(=O)N(C)C(c4ccccc4)c4ccccc4)nnc23)c1. The van der Waals surface area contributed by atoms with Crippen LogP contribution in [-0.2, 0) is 4.79 Å². The second kappa shape index (κ2) is 10.8. The Kier molecular flexibility index (Phi) is 6.92. The maximum atomic E-state index is 13.6. The third-order valence-corrected chi connectivity index (χ3v) is 7.90. The second-order valence-corrected chi connectivity index (χ2v) is 10.6. The molecule has 1 amide bonds. The quantitative estimate of drug-likeness (QED) is 0.241. The molecule has 40 heavy (non-hydrogen) atoms. The van der Waals surface area contributed by atoms with Crippen molar-refractivity contribution in [2.45, 2.75) is 18.1 Å². The summed E-state index contributed by atoms with van der Waals surface area (Å²) in [6.07, 6.45) is 0. The molecule has 0 aliphatic rings. The highest BCUT2D eigenvalue weighted by atomic mass is 32.2. The maximum Gasteiger partial charge on any atom is 0.267 e. The van der Waals surface area contributed by atoms with Crippen LogP contribution in [0.3, 0.4) is 0 Å². The van der Waals surface area contributed by atoms with Crippen molar-refractivity contribution < 1.29 is 4.79 Å². The molecule has 0 aliphatic carbocycles. The van der Waals surface area contributed by atoms with Crippen LogP contribution in [0.4, 0.5) is 0 Å². The Bertz CT molecular complexity index is 1840. The summed E-state index contributed by atoms with van der Waals surface area (Å²) in [6, 6.07) is 35.0. The van der Waals surface area contributed by atoms with Crippen LogP contribution in [0.15, 0.2) is 119 Å². The number of rotatable bonds is 7. The van der Waals surface area contributed by atoms with E-state index in [2.05, 4.69) is 10.2 Å². The average molecular weight is 546 g/mol. The molecule has 2 aromatic heterocycles. The van der Waals surface area contributed by atoms with E-state index in [0.29, 0.717) is 27.5 Å². The third-order valence-electron chi connectivity index (χ3n) is 6.99. The minimum absolute atomic E-state index is 0.0456. The number of amides is 1. The van der Waals surface area contributed by atoms with Gasteiger partial charge in [0.1, 0.15) is 0 Å². The zero-order chi connectivity index (χ0) is 27.6. The molecule has 0 aliphatic heterocycles. The first kappa shape index (κ1) is 25.6. The van der Waals surface area contributed by atoms with E-state index in [1.807, 2.05) is 122 Å². The van der Waals surface area contributed by atoms with Gasteiger partial charge in [-0.3, -0.25) is 14.0 Å². The first-order valence-corrected chi connectivity index (χ1v) is 14.0. The van der Waals surface area contributed by atoms with E-state index < -0.39 is 0 Å². The predicted octanol–water partition coefficient (Wildman–Crippen LogP) is 5.68. The predicted molar refractivity (Wildman–Crippen MR) is 159 cm³/mol. The van der Waals surface area contributed by atoms with Crippen molar-refractivity contribution >= 4 is 34.3 Å². The van der Waals surface area contributed by atoms with Crippen molar-refractivity contribution in [2.75, 3.05) is 12.8 Å². The molecule has 198 valence electrons. The van der Waals surface area contributed by atoms with Crippen LogP contribution in [0.5, 0.6) is 0 Å². The topological polar surface area (TPSA) is 72.5 Å². The van der Waals surface area contributed by atoms with Crippen LogP contribution in [-0.4, -0.2) is 42.8 Å². The lowest BCUT2D eigenvalue weighted by molar-refractivity contribution is -0.128. The van der Waals surface area contributed by atoms with Crippen LogP contribution in [0.25, 0.3) is 22.4 Å². The molecule has 0 bridgehead atoms. The summed E-state index contributed by atoms with van der Waals surface area (Å²) in [4.78, 5) is 29.0. The molecule has 6 aromatic rings. The third kappa shape index (κ3) is 4.67. The number of benzene rings is 4. The van der Waals surface area contributed by atoms with Crippen molar-refractivity contribution in [1.82, 2.24) is 24.1 Å². The molecule has 2 heterocycles. The Morgan fingerprint density at radius 3 is 2.17 bits per heavy atom. The Morgan fingerprint density at radius 2 is 1.50 bits per heavy atom. The van der Waals surface area contributed by atoms with Gasteiger partial charge in [0, 0.05) is 7.05 Å². The summed E-state index contributed by atoms with van der Waals surface area (Å²) in [5.74, 6) is 0.519. The van der Waals surface area contributed by atoms with E-state index in [9.17, 15) is 9.59 Å². The highest BCUT2D eigenvalue weighted by Crippen LogP contribution is 2.29. The van der Waals surface area contributed by atoms with Crippen LogP contribution in [0.2, 0.25) is 0 Å². The zero-order valence-corrected chi connectivity index (χ0v) is 23.0. The van der Waals surface area contributed by atoms with E-state index in [4.69, 9.17) is 0 Å². The van der Waals surface area contributed by atoms with Gasteiger partial charge in [0.15, 0.2) is 5.16 Å². The molecular formula is C32H27N5O2S. The molecule has 7 nitrogen and oxygen atoms in total. The fourth-order valence-electron chi connectivity index (χ4n) is 5.05. The summed E-state index contributed by atoms with van der Waals surface area (Å²) in [5, 5.41) is 9.95. The molecule has 0 radical (unpaired) electrons. The van der Waals surface area contributed by atoms with Gasteiger partial charge in [-0.1, -0.05) is 96.7 Å². The smallest absolute Gasteiger partial charge is 0.267 e. The molecule has 6 rings (SSSR count). The van der Waals surface area contributed by atoms with Crippen LogP contribution in [0, 0.1) is 6.92 Å².